The third-order valence-electron chi connectivity index (χ3n) is 2.81. The number of aryl methyl sites for hydroxylation is 1. The van der Waals surface area contributed by atoms with E-state index in [4.69, 9.17) is 4.42 Å². The highest BCUT2D eigenvalue weighted by Gasteiger charge is 2.10. The number of aromatic amines is 1. The van der Waals surface area contributed by atoms with Crippen LogP contribution in [0.1, 0.15) is 24.9 Å². The monoisotopic (exact) mass is 334 g/mol. The normalized spacial score (nSPS) is 11.0. The topological polar surface area (TPSA) is 84.7 Å². The Labute approximate surface area is 135 Å². The van der Waals surface area contributed by atoms with Crippen LogP contribution in [0.3, 0.4) is 0 Å². The highest BCUT2D eigenvalue weighted by molar-refractivity contribution is 7.98. The molecule has 0 atom stereocenters. The van der Waals surface area contributed by atoms with Crippen molar-refractivity contribution >= 4 is 23.1 Å². The molecule has 22 heavy (non-hydrogen) atoms. The number of nitrogens with zero attached hydrogens (tertiary/aromatic N) is 3. The maximum absolute atomic E-state index is 11.6. The first-order valence-corrected chi connectivity index (χ1v) is 8.70. The summed E-state index contributed by atoms with van der Waals surface area (Å²) in [6.45, 7) is 2.06. The van der Waals surface area contributed by atoms with Crippen molar-refractivity contribution < 1.29 is 4.42 Å². The van der Waals surface area contributed by atoms with Gasteiger partial charge >= 0.3 is 0 Å². The molecule has 114 valence electrons. The molecule has 0 aliphatic carbocycles. The highest BCUT2D eigenvalue weighted by Crippen LogP contribution is 2.25. The number of nitrogens with one attached hydrogen (secondary N) is 1. The number of rotatable bonds is 6. The van der Waals surface area contributed by atoms with E-state index in [1.807, 2.05) is 17.5 Å². The molecule has 0 aliphatic rings. The van der Waals surface area contributed by atoms with Crippen LogP contribution in [0.2, 0.25) is 0 Å². The van der Waals surface area contributed by atoms with Crippen LogP contribution < -0.4 is 5.56 Å². The third-order valence-corrected chi connectivity index (χ3v) is 4.53. The highest BCUT2D eigenvalue weighted by atomic mass is 32.2. The van der Waals surface area contributed by atoms with Gasteiger partial charge in [0.1, 0.15) is 0 Å². The summed E-state index contributed by atoms with van der Waals surface area (Å²) in [6, 6.07) is 5.41. The average Bonchev–Trinajstić information content (AvgIpc) is 3.16. The van der Waals surface area contributed by atoms with Gasteiger partial charge in [-0.1, -0.05) is 31.2 Å². The van der Waals surface area contributed by atoms with E-state index in [1.54, 1.807) is 11.3 Å². The number of H-pyrrole nitrogens is 1. The minimum Gasteiger partial charge on any atom is -0.419 e. The van der Waals surface area contributed by atoms with E-state index in [0.717, 1.165) is 23.4 Å². The SMILES string of the molecule is CCCc1cc(=O)[nH]c(SCc2nnc(-c3cccs3)o2)n1. The summed E-state index contributed by atoms with van der Waals surface area (Å²) in [7, 11) is 0. The summed E-state index contributed by atoms with van der Waals surface area (Å²) in [5, 5.41) is 10.6. The fraction of sp³-hybridized carbons (Fsp3) is 0.286. The van der Waals surface area contributed by atoms with Crippen molar-refractivity contribution in [2.24, 2.45) is 0 Å². The molecule has 0 fully saturated rings. The largest absolute Gasteiger partial charge is 0.419 e. The number of thiophene rings is 1. The van der Waals surface area contributed by atoms with Crippen LogP contribution in [0.15, 0.2) is 37.9 Å². The summed E-state index contributed by atoms with van der Waals surface area (Å²) in [4.78, 5) is 19.7. The van der Waals surface area contributed by atoms with E-state index in [1.165, 1.54) is 17.8 Å². The van der Waals surface area contributed by atoms with Crippen molar-refractivity contribution in [3.05, 3.63) is 45.5 Å². The predicted octanol–water partition coefficient (Wildman–Crippen LogP) is 3.13. The number of hydrogen-bond donors (Lipinski definition) is 1. The van der Waals surface area contributed by atoms with Gasteiger partial charge in [-0.2, -0.15) is 0 Å². The smallest absolute Gasteiger partial charge is 0.257 e. The van der Waals surface area contributed by atoms with E-state index in [-0.39, 0.29) is 5.56 Å². The van der Waals surface area contributed by atoms with Crippen LogP contribution in [-0.2, 0) is 12.2 Å². The Hall–Kier alpha value is -1.93. The number of aromatic nitrogens is 4. The lowest BCUT2D eigenvalue weighted by Crippen LogP contribution is -2.09. The van der Waals surface area contributed by atoms with E-state index < -0.39 is 0 Å². The van der Waals surface area contributed by atoms with Crippen molar-refractivity contribution in [2.45, 2.75) is 30.7 Å². The first-order chi connectivity index (χ1) is 10.7. The molecule has 0 bridgehead atoms. The molecule has 0 aromatic carbocycles. The second kappa shape index (κ2) is 6.89. The zero-order valence-corrected chi connectivity index (χ0v) is 13.5. The molecule has 3 aromatic rings. The molecule has 0 aliphatic heterocycles. The van der Waals surface area contributed by atoms with Gasteiger partial charge in [0.25, 0.3) is 11.4 Å². The fourth-order valence-electron chi connectivity index (χ4n) is 1.88. The van der Waals surface area contributed by atoms with Crippen LogP contribution in [0.5, 0.6) is 0 Å². The zero-order chi connectivity index (χ0) is 15.4. The van der Waals surface area contributed by atoms with Crippen molar-refractivity contribution in [2.75, 3.05) is 0 Å². The molecule has 0 saturated carbocycles. The molecule has 0 radical (unpaired) electrons. The molecule has 8 heteroatoms. The molecular formula is C14H14N4O2S2. The van der Waals surface area contributed by atoms with Gasteiger partial charge in [0, 0.05) is 11.8 Å². The Morgan fingerprint density at radius 1 is 1.41 bits per heavy atom. The fourth-order valence-corrected chi connectivity index (χ4v) is 3.25. The molecule has 1 N–H and O–H groups in total. The van der Waals surface area contributed by atoms with E-state index in [9.17, 15) is 4.79 Å². The summed E-state index contributed by atoms with van der Waals surface area (Å²) in [6.07, 6.45) is 1.74. The van der Waals surface area contributed by atoms with Gasteiger partial charge in [-0.05, 0) is 17.9 Å². The van der Waals surface area contributed by atoms with Crippen molar-refractivity contribution in [3.8, 4) is 10.8 Å². The maximum Gasteiger partial charge on any atom is 0.257 e. The van der Waals surface area contributed by atoms with Crippen molar-refractivity contribution in [3.63, 3.8) is 0 Å². The van der Waals surface area contributed by atoms with Crippen LogP contribution in [0, 0.1) is 0 Å². The number of hydrogen-bond acceptors (Lipinski definition) is 7. The minimum absolute atomic E-state index is 0.134. The number of thioether (sulfide) groups is 1. The van der Waals surface area contributed by atoms with Crippen molar-refractivity contribution in [1.29, 1.82) is 0 Å². The standard InChI is InChI=1S/C14H14N4O2S2/c1-2-4-9-7-11(19)16-14(15-9)22-8-12-17-18-13(20-12)10-5-3-6-21-10/h3,5-7H,2,4,8H2,1H3,(H,15,16,19). The molecule has 0 saturated heterocycles. The quantitative estimate of drug-likeness (QED) is 0.551. The minimum atomic E-state index is -0.134. The summed E-state index contributed by atoms with van der Waals surface area (Å²) >= 11 is 2.93. The van der Waals surface area contributed by atoms with E-state index in [2.05, 4.69) is 27.1 Å². The summed E-state index contributed by atoms with van der Waals surface area (Å²) in [5.74, 6) is 1.50. The second-order valence-electron chi connectivity index (χ2n) is 4.56. The van der Waals surface area contributed by atoms with Gasteiger partial charge in [-0.15, -0.1) is 21.5 Å². The molecule has 6 nitrogen and oxygen atoms in total. The molecular weight excluding hydrogens is 320 g/mol. The van der Waals surface area contributed by atoms with E-state index in [0.29, 0.717) is 22.7 Å². The van der Waals surface area contributed by atoms with Crippen LogP contribution in [0.4, 0.5) is 0 Å². The average molecular weight is 334 g/mol. The molecule has 0 amide bonds. The lowest BCUT2D eigenvalue weighted by Gasteiger charge is -2.01. The Bertz CT molecular complexity index is 795. The Morgan fingerprint density at radius 3 is 3.09 bits per heavy atom. The van der Waals surface area contributed by atoms with Crippen LogP contribution in [0.25, 0.3) is 10.8 Å². The summed E-state index contributed by atoms with van der Waals surface area (Å²) < 4.78 is 5.61. The van der Waals surface area contributed by atoms with Gasteiger partial charge < -0.3 is 9.40 Å². The molecule has 3 rings (SSSR count). The van der Waals surface area contributed by atoms with Gasteiger partial charge in [-0.25, -0.2) is 4.98 Å². The predicted molar refractivity (Wildman–Crippen MR) is 86.0 cm³/mol. The molecule has 0 unspecified atom stereocenters. The van der Waals surface area contributed by atoms with Crippen LogP contribution in [-0.4, -0.2) is 20.2 Å². The lowest BCUT2D eigenvalue weighted by molar-refractivity contribution is 0.529. The van der Waals surface area contributed by atoms with Crippen LogP contribution >= 0.6 is 23.1 Å². The van der Waals surface area contributed by atoms with Gasteiger partial charge in [0.05, 0.1) is 10.6 Å². The Kier molecular flexibility index (Phi) is 4.69. The Morgan fingerprint density at radius 2 is 2.32 bits per heavy atom. The van der Waals surface area contributed by atoms with Gasteiger partial charge in [-0.3, -0.25) is 4.79 Å². The maximum atomic E-state index is 11.6. The Balaban J connectivity index is 1.69. The molecule has 3 heterocycles. The second-order valence-corrected chi connectivity index (χ2v) is 6.47. The van der Waals surface area contributed by atoms with Gasteiger partial charge in [0.2, 0.25) is 5.89 Å². The van der Waals surface area contributed by atoms with Gasteiger partial charge in [0.15, 0.2) is 5.16 Å². The van der Waals surface area contributed by atoms with E-state index >= 15 is 0 Å². The lowest BCUT2D eigenvalue weighted by atomic mass is 10.2. The first kappa shape index (κ1) is 15.0. The molecule has 0 spiro atoms. The third kappa shape index (κ3) is 3.63. The zero-order valence-electron chi connectivity index (χ0n) is 11.9. The van der Waals surface area contributed by atoms with Crippen molar-refractivity contribution in [1.82, 2.24) is 20.2 Å². The molecule has 3 aromatic heterocycles. The summed E-state index contributed by atoms with van der Waals surface area (Å²) in [5.41, 5.74) is 0.671. The first-order valence-electron chi connectivity index (χ1n) is 6.84.